The van der Waals surface area contributed by atoms with Crippen LogP contribution in [0.4, 0.5) is 0 Å². The molecule has 0 unspecified atom stereocenters. The van der Waals surface area contributed by atoms with Gasteiger partial charge in [-0.05, 0) is 25.3 Å². The molecular formula is C17H26IN3O2. The number of carbonyl (C=O) groups is 1. The number of benzene rings is 1. The van der Waals surface area contributed by atoms with Crippen LogP contribution in [0, 0.1) is 0 Å². The molecule has 0 spiro atoms. The lowest BCUT2D eigenvalue weighted by Crippen LogP contribution is -2.32. The maximum atomic E-state index is 11.6. The third-order valence-electron chi connectivity index (χ3n) is 2.88. The zero-order chi connectivity index (χ0) is 16.2. The van der Waals surface area contributed by atoms with Crippen molar-refractivity contribution in [2.75, 3.05) is 13.1 Å². The number of hydrogen-bond acceptors (Lipinski definition) is 3. The minimum atomic E-state index is -0.173. The summed E-state index contributed by atoms with van der Waals surface area (Å²) in [6.45, 7) is 7.21. The van der Waals surface area contributed by atoms with Crippen molar-refractivity contribution < 1.29 is 9.53 Å². The van der Waals surface area contributed by atoms with Crippen LogP contribution in [0.15, 0.2) is 47.5 Å². The van der Waals surface area contributed by atoms with Crippen molar-refractivity contribution in [1.29, 1.82) is 0 Å². The molecule has 3 N–H and O–H groups in total. The molecule has 0 atom stereocenters. The van der Waals surface area contributed by atoms with Crippen LogP contribution in [0.2, 0.25) is 0 Å². The first-order valence-electron chi connectivity index (χ1n) is 7.45. The minimum Gasteiger partial charge on any atom is -0.461 e. The lowest BCUT2D eigenvalue weighted by atomic mass is 10.2. The first-order valence-corrected chi connectivity index (χ1v) is 7.45. The second-order valence-corrected chi connectivity index (χ2v) is 5.19. The Hall–Kier alpha value is -1.57. The minimum absolute atomic E-state index is 0. The Morgan fingerprint density at radius 3 is 2.65 bits per heavy atom. The smallest absolute Gasteiger partial charge is 0.306 e. The van der Waals surface area contributed by atoms with Crippen molar-refractivity contribution in [3.05, 3.63) is 48.0 Å². The summed E-state index contributed by atoms with van der Waals surface area (Å²) >= 11 is 0. The molecule has 1 rings (SSSR count). The summed E-state index contributed by atoms with van der Waals surface area (Å²) in [7, 11) is 0. The van der Waals surface area contributed by atoms with E-state index < -0.39 is 0 Å². The van der Waals surface area contributed by atoms with Crippen LogP contribution in [0.1, 0.15) is 31.7 Å². The molecular weight excluding hydrogens is 405 g/mol. The molecule has 0 bridgehead atoms. The van der Waals surface area contributed by atoms with Gasteiger partial charge in [0.25, 0.3) is 0 Å². The molecule has 0 aromatic heterocycles. The summed E-state index contributed by atoms with van der Waals surface area (Å²) < 4.78 is 5.20. The van der Waals surface area contributed by atoms with Gasteiger partial charge in [0.1, 0.15) is 6.61 Å². The highest BCUT2D eigenvalue weighted by molar-refractivity contribution is 14.0. The summed E-state index contributed by atoms with van der Waals surface area (Å²) in [4.78, 5) is 15.7. The number of nitrogens with zero attached hydrogens (tertiary/aromatic N) is 1. The number of ether oxygens (including phenoxy) is 1. The number of esters is 1. The molecule has 23 heavy (non-hydrogen) atoms. The maximum absolute atomic E-state index is 11.6. The Labute approximate surface area is 155 Å². The second kappa shape index (κ2) is 12.9. The van der Waals surface area contributed by atoms with Gasteiger partial charge in [-0.3, -0.25) is 4.79 Å². The van der Waals surface area contributed by atoms with Crippen LogP contribution >= 0.6 is 24.0 Å². The molecule has 0 saturated carbocycles. The molecule has 0 amide bonds. The van der Waals surface area contributed by atoms with E-state index in [0.29, 0.717) is 32.1 Å². The molecule has 1 aromatic carbocycles. The van der Waals surface area contributed by atoms with E-state index in [-0.39, 0.29) is 29.9 Å². The molecule has 0 aliphatic heterocycles. The highest BCUT2D eigenvalue weighted by Gasteiger charge is 2.03. The van der Waals surface area contributed by atoms with Crippen molar-refractivity contribution >= 4 is 35.9 Å². The number of nitrogens with one attached hydrogen (secondary N) is 1. The lowest BCUT2D eigenvalue weighted by Gasteiger charge is -2.06. The molecule has 0 aliphatic carbocycles. The Morgan fingerprint density at radius 1 is 1.30 bits per heavy atom. The number of aliphatic imine (C=N–C) groups is 1. The van der Waals surface area contributed by atoms with Crippen LogP contribution in [-0.2, 0) is 16.1 Å². The van der Waals surface area contributed by atoms with Crippen molar-refractivity contribution in [2.24, 2.45) is 10.7 Å². The van der Waals surface area contributed by atoms with Gasteiger partial charge in [0, 0.05) is 13.0 Å². The third kappa shape index (κ3) is 11.6. The molecule has 1 aromatic rings. The van der Waals surface area contributed by atoms with E-state index in [2.05, 4.69) is 16.9 Å². The van der Waals surface area contributed by atoms with Crippen LogP contribution in [0.5, 0.6) is 0 Å². The fraction of sp³-hybridized carbons (Fsp3) is 0.412. The number of unbranched alkanes of at least 4 members (excludes halogenated alkanes) is 1. The van der Waals surface area contributed by atoms with E-state index in [1.807, 2.05) is 37.3 Å². The van der Waals surface area contributed by atoms with Gasteiger partial charge in [0.05, 0.1) is 6.54 Å². The van der Waals surface area contributed by atoms with E-state index in [9.17, 15) is 4.79 Å². The predicted octanol–water partition coefficient (Wildman–Crippen LogP) is 3.00. The summed E-state index contributed by atoms with van der Waals surface area (Å²) in [5.74, 6) is 0.238. The van der Waals surface area contributed by atoms with Crippen LogP contribution in [0.3, 0.4) is 0 Å². The third-order valence-corrected chi connectivity index (χ3v) is 2.88. The SMILES string of the molecule is C=C(C)CN=C(N)NCCCCC(=O)OCc1ccccc1.I. The van der Waals surface area contributed by atoms with E-state index in [1.165, 1.54) is 0 Å². The fourth-order valence-corrected chi connectivity index (χ4v) is 1.70. The van der Waals surface area contributed by atoms with Gasteiger partial charge < -0.3 is 15.8 Å². The van der Waals surface area contributed by atoms with Crippen molar-refractivity contribution in [3.63, 3.8) is 0 Å². The number of carbonyl (C=O) groups excluding carboxylic acids is 1. The average molecular weight is 431 g/mol. The number of rotatable bonds is 9. The topological polar surface area (TPSA) is 76.7 Å². The molecule has 5 nitrogen and oxygen atoms in total. The van der Waals surface area contributed by atoms with Gasteiger partial charge in [-0.15, -0.1) is 24.0 Å². The van der Waals surface area contributed by atoms with E-state index in [4.69, 9.17) is 10.5 Å². The van der Waals surface area contributed by atoms with Gasteiger partial charge in [-0.25, -0.2) is 4.99 Å². The Bertz CT molecular complexity index is 504. The highest BCUT2D eigenvalue weighted by atomic mass is 127. The number of nitrogens with two attached hydrogens (primary N) is 1. The largest absolute Gasteiger partial charge is 0.461 e. The zero-order valence-corrected chi connectivity index (χ0v) is 15.9. The molecule has 6 heteroatoms. The quantitative estimate of drug-likeness (QED) is 0.157. The molecule has 0 aliphatic rings. The summed E-state index contributed by atoms with van der Waals surface area (Å²) in [6, 6.07) is 9.65. The van der Waals surface area contributed by atoms with Crippen molar-refractivity contribution in [1.82, 2.24) is 5.32 Å². The first kappa shape index (κ1) is 21.4. The summed E-state index contributed by atoms with van der Waals surface area (Å²) in [6.07, 6.45) is 2.01. The molecule has 128 valence electrons. The van der Waals surface area contributed by atoms with Gasteiger partial charge >= 0.3 is 5.97 Å². The monoisotopic (exact) mass is 431 g/mol. The van der Waals surface area contributed by atoms with Crippen molar-refractivity contribution in [2.45, 2.75) is 32.8 Å². The maximum Gasteiger partial charge on any atom is 0.306 e. The Morgan fingerprint density at radius 2 is 2.00 bits per heavy atom. The van der Waals surface area contributed by atoms with E-state index in [0.717, 1.165) is 24.0 Å². The molecule has 0 saturated heterocycles. The number of hydrogen-bond donors (Lipinski definition) is 2. The Kier molecular flexibility index (Phi) is 12.0. The van der Waals surface area contributed by atoms with Crippen molar-refractivity contribution in [3.8, 4) is 0 Å². The number of guanidine groups is 1. The average Bonchev–Trinajstić information content (AvgIpc) is 2.51. The van der Waals surface area contributed by atoms with Gasteiger partial charge in [0.15, 0.2) is 5.96 Å². The molecule has 0 heterocycles. The highest BCUT2D eigenvalue weighted by Crippen LogP contribution is 2.03. The van der Waals surface area contributed by atoms with Gasteiger partial charge in [-0.1, -0.05) is 42.5 Å². The summed E-state index contributed by atoms with van der Waals surface area (Å²) in [5, 5.41) is 3.00. The molecule has 0 radical (unpaired) electrons. The fourth-order valence-electron chi connectivity index (χ4n) is 1.70. The lowest BCUT2D eigenvalue weighted by molar-refractivity contribution is -0.145. The summed E-state index contributed by atoms with van der Waals surface area (Å²) in [5.41, 5.74) is 7.65. The Balaban J connectivity index is 0.00000484. The van der Waals surface area contributed by atoms with Crippen LogP contribution in [-0.4, -0.2) is 25.0 Å². The van der Waals surface area contributed by atoms with Crippen LogP contribution < -0.4 is 11.1 Å². The van der Waals surface area contributed by atoms with E-state index >= 15 is 0 Å². The zero-order valence-electron chi connectivity index (χ0n) is 13.6. The standard InChI is InChI=1S/C17H25N3O2.HI/c1-14(2)12-20-17(18)19-11-7-6-10-16(21)22-13-15-8-4-3-5-9-15;/h3-5,8-9H,1,6-7,10-13H2,2H3,(H3,18,19,20);1H. The van der Waals surface area contributed by atoms with E-state index in [1.54, 1.807) is 0 Å². The predicted molar refractivity (Wildman–Crippen MR) is 105 cm³/mol. The van der Waals surface area contributed by atoms with Gasteiger partial charge in [-0.2, -0.15) is 0 Å². The normalized spacial score (nSPS) is 10.6. The van der Waals surface area contributed by atoms with Crippen LogP contribution in [0.25, 0.3) is 0 Å². The molecule has 0 fully saturated rings. The number of halogens is 1. The van der Waals surface area contributed by atoms with Gasteiger partial charge in [0.2, 0.25) is 0 Å². The first-order chi connectivity index (χ1) is 10.6. The second-order valence-electron chi connectivity index (χ2n) is 5.19.